The van der Waals surface area contributed by atoms with E-state index in [1.165, 1.54) is 0 Å². The fourth-order valence-electron chi connectivity index (χ4n) is 2.12. The Bertz CT molecular complexity index is 721. The predicted molar refractivity (Wildman–Crippen MR) is 84.5 cm³/mol. The number of ether oxygens (including phenoxy) is 1. The summed E-state index contributed by atoms with van der Waals surface area (Å²) >= 11 is 5.89. The minimum Gasteiger partial charge on any atom is -0.488 e. The highest BCUT2D eigenvalue weighted by molar-refractivity contribution is 6.30. The van der Waals surface area contributed by atoms with E-state index in [-0.39, 0.29) is 0 Å². The molecule has 0 aliphatic carbocycles. The van der Waals surface area contributed by atoms with Crippen LogP contribution in [-0.4, -0.2) is 9.97 Å². The van der Waals surface area contributed by atoms with Crippen LogP contribution in [0, 0.1) is 6.92 Å². The fourth-order valence-corrected chi connectivity index (χ4v) is 2.24. The van der Waals surface area contributed by atoms with Gasteiger partial charge < -0.3 is 9.72 Å². The Labute approximate surface area is 128 Å². The lowest BCUT2D eigenvalue weighted by atomic mass is 10.1. The van der Waals surface area contributed by atoms with Crippen LogP contribution in [0.5, 0.6) is 5.75 Å². The van der Waals surface area contributed by atoms with Gasteiger partial charge >= 0.3 is 0 Å². The number of halogens is 1. The Hall–Kier alpha value is -2.26. The molecule has 1 heterocycles. The standard InChI is InChI=1S/C17H15ClN2O/c1-12-2-7-15(16-9-19-11-20-16)17(8-12)21-10-13-3-5-14(18)6-4-13/h2-9,11H,10H2,1H3,(H,19,20). The van der Waals surface area contributed by atoms with Crippen molar-refractivity contribution in [1.29, 1.82) is 0 Å². The van der Waals surface area contributed by atoms with Crippen LogP contribution in [-0.2, 0) is 6.61 Å². The van der Waals surface area contributed by atoms with Gasteiger partial charge in [-0.2, -0.15) is 0 Å². The summed E-state index contributed by atoms with van der Waals surface area (Å²) in [5.41, 5.74) is 4.19. The summed E-state index contributed by atoms with van der Waals surface area (Å²) in [7, 11) is 0. The van der Waals surface area contributed by atoms with Crippen LogP contribution >= 0.6 is 11.6 Å². The van der Waals surface area contributed by atoms with Crippen molar-refractivity contribution in [3.05, 3.63) is 71.1 Å². The molecule has 0 amide bonds. The number of aromatic amines is 1. The third-order valence-corrected chi connectivity index (χ3v) is 3.49. The zero-order valence-electron chi connectivity index (χ0n) is 11.6. The van der Waals surface area contributed by atoms with Gasteiger partial charge in [-0.1, -0.05) is 29.8 Å². The first kappa shape index (κ1) is 13.7. The van der Waals surface area contributed by atoms with Crippen molar-refractivity contribution < 1.29 is 4.74 Å². The highest BCUT2D eigenvalue weighted by Gasteiger charge is 2.08. The van der Waals surface area contributed by atoms with Crippen molar-refractivity contribution in [3.63, 3.8) is 0 Å². The highest BCUT2D eigenvalue weighted by atomic mass is 35.5. The first-order valence-electron chi connectivity index (χ1n) is 6.69. The lowest BCUT2D eigenvalue weighted by Crippen LogP contribution is -1.97. The quantitative estimate of drug-likeness (QED) is 0.763. The minimum absolute atomic E-state index is 0.502. The molecule has 3 aromatic rings. The van der Waals surface area contributed by atoms with Crippen LogP contribution in [0.2, 0.25) is 5.02 Å². The molecule has 0 fully saturated rings. The van der Waals surface area contributed by atoms with Gasteiger partial charge in [0.25, 0.3) is 0 Å². The molecule has 1 N–H and O–H groups in total. The maximum Gasteiger partial charge on any atom is 0.129 e. The van der Waals surface area contributed by atoms with Crippen LogP contribution < -0.4 is 4.74 Å². The van der Waals surface area contributed by atoms with Crippen molar-refractivity contribution in [2.24, 2.45) is 0 Å². The number of benzene rings is 2. The lowest BCUT2D eigenvalue weighted by molar-refractivity contribution is 0.307. The summed E-state index contributed by atoms with van der Waals surface area (Å²) in [6, 6.07) is 13.8. The van der Waals surface area contributed by atoms with Crippen molar-refractivity contribution in [3.8, 4) is 17.0 Å². The molecule has 0 aliphatic rings. The molecule has 0 aliphatic heterocycles. The SMILES string of the molecule is Cc1ccc(-c2cnc[nH]2)c(OCc2ccc(Cl)cc2)c1. The Balaban J connectivity index is 1.84. The second-order valence-electron chi connectivity index (χ2n) is 4.88. The number of aromatic nitrogens is 2. The zero-order chi connectivity index (χ0) is 14.7. The molecule has 1 aromatic heterocycles. The molecular weight excluding hydrogens is 284 g/mol. The van der Waals surface area contributed by atoms with Gasteiger partial charge in [0.1, 0.15) is 12.4 Å². The molecule has 21 heavy (non-hydrogen) atoms. The molecule has 0 saturated carbocycles. The smallest absolute Gasteiger partial charge is 0.129 e. The van der Waals surface area contributed by atoms with Gasteiger partial charge in [0.15, 0.2) is 0 Å². The number of hydrogen-bond donors (Lipinski definition) is 1. The van der Waals surface area contributed by atoms with E-state index in [4.69, 9.17) is 16.3 Å². The number of hydrogen-bond acceptors (Lipinski definition) is 2. The van der Waals surface area contributed by atoms with E-state index in [1.54, 1.807) is 12.5 Å². The lowest BCUT2D eigenvalue weighted by Gasteiger charge is -2.11. The van der Waals surface area contributed by atoms with Gasteiger partial charge in [0, 0.05) is 10.6 Å². The topological polar surface area (TPSA) is 37.9 Å². The third kappa shape index (κ3) is 3.26. The Morgan fingerprint density at radius 2 is 1.95 bits per heavy atom. The fraction of sp³-hybridized carbons (Fsp3) is 0.118. The Kier molecular flexibility index (Phi) is 3.93. The van der Waals surface area contributed by atoms with Crippen LogP contribution in [0.1, 0.15) is 11.1 Å². The molecule has 0 saturated heterocycles. The molecule has 2 aromatic carbocycles. The van der Waals surface area contributed by atoms with Gasteiger partial charge in [-0.3, -0.25) is 0 Å². The average Bonchev–Trinajstić information content (AvgIpc) is 3.01. The molecule has 4 heteroatoms. The van der Waals surface area contributed by atoms with E-state index in [2.05, 4.69) is 16.0 Å². The van der Waals surface area contributed by atoms with Gasteiger partial charge in [0.2, 0.25) is 0 Å². The molecular formula is C17H15ClN2O. The molecule has 3 nitrogen and oxygen atoms in total. The predicted octanol–water partition coefficient (Wildman–Crippen LogP) is 4.62. The molecule has 0 unspecified atom stereocenters. The molecule has 3 rings (SSSR count). The number of nitrogens with one attached hydrogen (secondary N) is 1. The molecule has 0 spiro atoms. The Morgan fingerprint density at radius 1 is 1.14 bits per heavy atom. The van der Waals surface area contributed by atoms with E-state index in [1.807, 2.05) is 43.3 Å². The van der Waals surface area contributed by atoms with Gasteiger partial charge in [-0.15, -0.1) is 0 Å². The first-order chi connectivity index (χ1) is 10.2. The number of rotatable bonds is 4. The minimum atomic E-state index is 0.502. The summed E-state index contributed by atoms with van der Waals surface area (Å²) in [6.45, 7) is 2.55. The van der Waals surface area contributed by atoms with Crippen molar-refractivity contribution in [1.82, 2.24) is 9.97 Å². The summed E-state index contributed by atoms with van der Waals surface area (Å²) in [5, 5.41) is 0.729. The average molecular weight is 299 g/mol. The number of H-pyrrole nitrogens is 1. The third-order valence-electron chi connectivity index (χ3n) is 3.23. The van der Waals surface area contributed by atoms with E-state index < -0.39 is 0 Å². The van der Waals surface area contributed by atoms with Crippen LogP contribution in [0.25, 0.3) is 11.3 Å². The second kappa shape index (κ2) is 6.02. The monoisotopic (exact) mass is 298 g/mol. The maximum atomic E-state index is 5.98. The summed E-state index contributed by atoms with van der Waals surface area (Å²) in [6.07, 6.45) is 3.46. The Morgan fingerprint density at radius 3 is 2.67 bits per heavy atom. The van der Waals surface area contributed by atoms with E-state index >= 15 is 0 Å². The summed E-state index contributed by atoms with van der Waals surface area (Å²) in [5.74, 6) is 0.842. The number of aryl methyl sites for hydroxylation is 1. The van der Waals surface area contributed by atoms with Crippen LogP contribution in [0.15, 0.2) is 55.0 Å². The van der Waals surface area contributed by atoms with E-state index in [9.17, 15) is 0 Å². The second-order valence-corrected chi connectivity index (χ2v) is 5.32. The van der Waals surface area contributed by atoms with Crippen molar-refractivity contribution in [2.45, 2.75) is 13.5 Å². The van der Waals surface area contributed by atoms with Crippen molar-refractivity contribution in [2.75, 3.05) is 0 Å². The number of nitrogens with zero attached hydrogens (tertiary/aromatic N) is 1. The largest absolute Gasteiger partial charge is 0.488 e. The van der Waals surface area contributed by atoms with E-state index in [0.29, 0.717) is 6.61 Å². The molecule has 0 atom stereocenters. The van der Waals surface area contributed by atoms with Crippen LogP contribution in [0.4, 0.5) is 0 Å². The summed E-state index contributed by atoms with van der Waals surface area (Å²) < 4.78 is 5.98. The molecule has 0 bridgehead atoms. The zero-order valence-corrected chi connectivity index (χ0v) is 12.4. The first-order valence-corrected chi connectivity index (χ1v) is 7.07. The van der Waals surface area contributed by atoms with Gasteiger partial charge in [-0.25, -0.2) is 4.98 Å². The van der Waals surface area contributed by atoms with Gasteiger partial charge in [0.05, 0.1) is 18.2 Å². The van der Waals surface area contributed by atoms with E-state index in [0.717, 1.165) is 33.2 Å². The van der Waals surface area contributed by atoms with Crippen molar-refractivity contribution >= 4 is 11.6 Å². The molecule has 0 radical (unpaired) electrons. The maximum absolute atomic E-state index is 5.98. The van der Waals surface area contributed by atoms with Gasteiger partial charge in [-0.05, 0) is 42.3 Å². The molecule has 106 valence electrons. The normalized spacial score (nSPS) is 10.6. The highest BCUT2D eigenvalue weighted by Crippen LogP contribution is 2.30. The van der Waals surface area contributed by atoms with Crippen LogP contribution in [0.3, 0.4) is 0 Å². The summed E-state index contributed by atoms with van der Waals surface area (Å²) in [4.78, 5) is 7.17. The number of imidazole rings is 1.